The topological polar surface area (TPSA) is 85.8 Å². The first kappa shape index (κ1) is 20.9. The number of carbonyl (C=O) groups excluding carboxylic acids is 1. The zero-order chi connectivity index (χ0) is 19.3. The van der Waals surface area contributed by atoms with Gasteiger partial charge in [-0.25, -0.2) is 0 Å². The quantitative estimate of drug-likeness (QED) is 0.286. The number of carbonyl (C=O) groups is 1. The van der Waals surface area contributed by atoms with Gasteiger partial charge in [0.25, 0.3) is 5.91 Å². The van der Waals surface area contributed by atoms with Crippen molar-refractivity contribution in [1.82, 2.24) is 16.0 Å². The van der Waals surface area contributed by atoms with Crippen molar-refractivity contribution in [3.63, 3.8) is 0 Å². The van der Waals surface area contributed by atoms with Crippen molar-refractivity contribution >= 4 is 23.2 Å². The fraction of sp³-hybridized carbons (Fsp3) is 0.400. The highest BCUT2D eigenvalue weighted by Crippen LogP contribution is 2.14. The van der Waals surface area contributed by atoms with Gasteiger partial charge < -0.3 is 21.1 Å². The van der Waals surface area contributed by atoms with E-state index in [0.29, 0.717) is 19.6 Å². The number of hydrogen-bond donors (Lipinski definition) is 4. The molecule has 7 heteroatoms. The van der Waals surface area contributed by atoms with Crippen molar-refractivity contribution < 1.29 is 9.90 Å². The molecule has 2 aromatic rings. The second kappa shape index (κ2) is 12.1. The molecule has 1 heterocycles. The molecular formula is C20H28N4O2S. The minimum absolute atomic E-state index is 0.0215. The normalized spacial score (nSPS) is 12.4. The third-order valence-electron chi connectivity index (χ3n) is 3.98. The first-order valence-corrected chi connectivity index (χ1v) is 10.1. The van der Waals surface area contributed by atoms with Gasteiger partial charge in [-0.3, -0.25) is 9.79 Å². The number of aliphatic hydroxyl groups is 1. The van der Waals surface area contributed by atoms with E-state index >= 15 is 0 Å². The van der Waals surface area contributed by atoms with Gasteiger partial charge in [-0.15, -0.1) is 11.3 Å². The average molecular weight is 389 g/mol. The highest BCUT2D eigenvalue weighted by atomic mass is 32.1. The molecule has 0 saturated heterocycles. The summed E-state index contributed by atoms with van der Waals surface area (Å²) in [6.45, 7) is 4.64. The van der Waals surface area contributed by atoms with Gasteiger partial charge in [0.2, 0.25) is 0 Å². The van der Waals surface area contributed by atoms with Crippen molar-refractivity contribution in [2.45, 2.75) is 19.3 Å². The lowest BCUT2D eigenvalue weighted by molar-refractivity contribution is 0.0957. The van der Waals surface area contributed by atoms with E-state index in [-0.39, 0.29) is 18.4 Å². The number of benzene rings is 1. The monoisotopic (exact) mass is 388 g/mol. The number of aliphatic hydroxyl groups excluding tert-OH is 1. The maximum absolute atomic E-state index is 11.9. The molecule has 6 nitrogen and oxygen atoms in total. The Kier molecular flexibility index (Phi) is 9.37. The summed E-state index contributed by atoms with van der Waals surface area (Å²) in [4.78, 5) is 17.2. The van der Waals surface area contributed by atoms with Crippen molar-refractivity contribution in [2.75, 3.05) is 32.8 Å². The van der Waals surface area contributed by atoms with Crippen LogP contribution in [0.25, 0.3) is 0 Å². The molecule has 2 rings (SSSR count). The van der Waals surface area contributed by atoms with Gasteiger partial charge in [-0.1, -0.05) is 36.4 Å². The summed E-state index contributed by atoms with van der Waals surface area (Å²) < 4.78 is 0. The lowest BCUT2D eigenvalue weighted by Crippen LogP contribution is -2.39. The Hall–Kier alpha value is -2.38. The zero-order valence-corrected chi connectivity index (χ0v) is 16.5. The Morgan fingerprint density at radius 2 is 1.89 bits per heavy atom. The molecule has 27 heavy (non-hydrogen) atoms. The van der Waals surface area contributed by atoms with Crippen molar-refractivity contribution in [3.8, 4) is 0 Å². The zero-order valence-electron chi connectivity index (χ0n) is 15.6. The number of aliphatic imine (C=N–C) groups is 1. The van der Waals surface area contributed by atoms with Crippen molar-refractivity contribution in [1.29, 1.82) is 0 Å². The number of guanidine groups is 1. The lowest BCUT2D eigenvalue weighted by Gasteiger charge is -2.15. The van der Waals surface area contributed by atoms with E-state index in [1.54, 1.807) is 0 Å². The maximum Gasteiger partial charge on any atom is 0.261 e. The minimum atomic E-state index is -0.0285. The molecule has 0 fully saturated rings. The predicted octanol–water partition coefficient (Wildman–Crippen LogP) is 2.20. The third-order valence-corrected chi connectivity index (χ3v) is 4.85. The highest BCUT2D eigenvalue weighted by molar-refractivity contribution is 7.12. The molecular weight excluding hydrogens is 360 g/mol. The summed E-state index contributed by atoms with van der Waals surface area (Å²) in [5.41, 5.74) is 1.08. The number of nitrogens with zero attached hydrogens (tertiary/aromatic N) is 1. The van der Waals surface area contributed by atoms with E-state index in [4.69, 9.17) is 0 Å². The molecule has 0 radical (unpaired) electrons. The van der Waals surface area contributed by atoms with E-state index in [2.05, 4.69) is 20.9 Å². The Morgan fingerprint density at radius 3 is 2.56 bits per heavy atom. The van der Waals surface area contributed by atoms with Crippen LogP contribution in [0.5, 0.6) is 0 Å². The van der Waals surface area contributed by atoms with Crippen molar-refractivity contribution in [3.05, 3.63) is 58.3 Å². The van der Waals surface area contributed by atoms with Gasteiger partial charge in [0, 0.05) is 25.6 Å². The number of hydrogen-bond acceptors (Lipinski definition) is 4. The van der Waals surface area contributed by atoms with E-state index in [9.17, 15) is 9.90 Å². The lowest BCUT2D eigenvalue weighted by atomic mass is 10.0. The van der Waals surface area contributed by atoms with E-state index < -0.39 is 0 Å². The van der Waals surface area contributed by atoms with Gasteiger partial charge in [0.05, 0.1) is 18.0 Å². The smallest absolute Gasteiger partial charge is 0.261 e. The number of amides is 1. The Morgan fingerprint density at radius 1 is 1.11 bits per heavy atom. The summed E-state index contributed by atoms with van der Waals surface area (Å²) in [6.07, 6.45) is 0.795. The van der Waals surface area contributed by atoms with Crippen LogP contribution in [-0.4, -0.2) is 49.8 Å². The first-order chi connectivity index (χ1) is 13.2. The first-order valence-electron chi connectivity index (χ1n) is 9.24. The highest BCUT2D eigenvalue weighted by Gasteiger charge is 2.10. The molecule has 1 amide bonds. The fourth-order valence-electron chi connectivity index (χ4n) is 2.53. The van der Waals surface area contributed by atoms with E-state index in [1.165, 1.54) is 11.3 Å². The van der Waals surface area contributed by atoms with Gasteiger partial charge in [0.15, 0.2) is 5.96 Å². The van der Waals surface area contributed by atoms with Crippen LogP contribution in [0, 0.1) is 0 Å². The second-order valence-corrected chi connectivity index (χ2v) is 6.97. The molecule has 0 aliphatic heterocycles. The number of nitrogens with one attached hydrogen (secondary N) is 3. The molecule has 0 bridgehead atoms. The molecule has 1 aromatic carbocycles. The Balaban J connectivity index is 1.75. The molecule has 4 N–H and O–H groups in total. The molecule has 0 aliphatic rings. The van der Waals surface area contributed by atoms with E-state index in [1.807, 2.05) is 54.8 Å². The fourth-order valence-corrected chi connectivity index (χ4v) is 3.17. The summed E-state index contributed by atoms with van der Waals surface area (Å²) >= 11 is 1.44. The van der Waals surface area contributed by atoms with Crippen LogP contribution >= 0.6 is 11.3 Å². The van der Waals surface area contributed by atoms with Crippen LogP contribution in [0.3, 0.4) is 0 Å². The largest absolute Gasteiger partial charge is 0.396 e. The molecule has 1 atom stereocenters. The Bertz CT molecular complexity index is 689. The van der Waals surface area contributed by atoms with Crippen LogP contribution in [0.15, 0.2) is 52.8 Å². The van der Waals surface area contributed by atoms with Crippen LogP contribution in [0.4, 0.5) is 0 Å². The average Bonchev–Trinajstić information content (AvgIpc) is 3.23. The summed E-state index contributed by atoms with van der Waals surface area (Å²) in [6, 6.07) is 13.6. The van der Waals surface area contributed by atoms with Crippen LogP contribution in [0.1, 0.15) is 34.5 Å². The maximum atomic E-state index is 11.9. The predicted molar refractivity (Wildman–Crippen MR) is 112 cm³/mol. The molecule has 146 valence electrons. The summed E-state index contributed by atoms with van der Waals surface area (Å²) in [7, 11) is 0. The summed E-state index contributed by atoms with van der Waals surface area (Å²) in [5, 5.41) is 20.9. The van der Waals surface area contributed by atoms with Gasteiger partial charge in [0.1, 0.15) is 0 Å². The van der Waals surface area contributed by atoms with Gasteiger partial charge in [-0.2, -0.15) is 0 Å². The van der Waals surface area contributed by atoms with Crippen LogP contribution in [-0.2, 0) is 0 Å². The molecule has 0 spiro atoms. The number of rotatable bonds is 10. The molecule has 1 unspecified atom stereocenters. The van der Waals surface area contributed by atoms with E-state index in [0.717, 1.165) is 29.4 Å². The molecule has 1 aromatic heterocycles. The molecule has 0 aliphatic carbocycles. The van der Waals surface area contributed by atoms with Crippen molar-refractivity contribution in [2.24, 2.45) is 4.99 Å². The minimum Gasteiger partial charge on any atom is -0.396 e. The van der Waals surface area contributed by atoms with Crippen LogP contribution in [0.2, 0.25) is 0 Å². The third kappa shape index (κ3) is 7.40. The second-order valence-electron chi connectivity index (χ2n) is 6.02. The number of thiophene rings is 1. The van der Waals surface area contributed by atoms with Crippen LogP contribution < -0.4 is 16.0 Å². The molecule has 0 saturated carbocycles. The standard InChI is InChI=1S/C20H28N4O2S/c1-2-21-20(24-14-17(15-25)16-8-4-3-5-9-16)23-12-7-11-22-19(26)18-10-6-13-27-18/h3-6,8-10,13,17,25H,2,7,11-12,14-15H2,1H3,(H,22,26)(H2,21,23,24). The van der Waals surface area contributed by atoms with Gasteiger partial charge >= 0.3 is 0 Å². The summed E-state index contributed by atoms with van der Waals surface area (Å²) in [5.74, 6) is 0.669. The van der Waals surface area contributed by atoms with Gasteiger partial charge in [-0.05, 0) is 30.4 Å². The Labute approximate surface area is 164 Å². The SMILES string of the molecule is CCNC(=NCC(CO)c1ccccc1)NCCCNC(=O)c1cccs1.